The second-order valence-corrected chi connectivity index (χ2v) is 5.97. The molecule has 0 fully saturated rings. The molecule has 20 heavy (non-hydrogen) atoms. The van der Waals surface area contributed by atoms with E-state index in [0.29, 0.717) is 0 Å². The van der Waals surface area contributed by atoms with Crippen molar-refractivity contribution < 1.29 is 0 Å². The summed E-state index contributed by atoms with van der Waals surface area (Å²) < 4.78 is 1.23. The number of rotatable bonds is 3. The van der Waals surface area contributed by atoms with E-state index in [2.05, 4.69) is 56.8 Å². The van der Waals surface area contributed by atoms with Gasteiger partial charge in [0.25, 0.3) is 0 Å². The monoisotopic (exact) mass is 375 g/mol. The van der Waals surface area contributed by atoms with E-state index < -0.39 is 0 Å². The van der Waals surface area contributed by atoms with Crippen LogP contribution in [-0.2, 0) is 6.42 Å². The lowest BCUT2D eigenvalue weighted by Gasteiger charge is -2.11. The highest BCUT2D eigenvalue weighted by Crippen LogP contribution is 2.17. The van der Waals surface area contributed by atoms with E-state index in [1.807, 2.05) is 24.3 Å². The van der Waals surface area contributed by atoms with Gasteiger partial charge >= 0.3 is 0 Å². The van der Waals surface area contributed by atoms with Crippen LogP contribution in [0, 0.1) is 3.57 Å². The van der Waals surface area contributed by atoms with Crippen LogP contribution in [-0.4, -0.2) is 9.97 Å². The van der Waals surface area contributed by atoms with Crippen LogP contribution in [0.4, 0.5) is 0 Å². The Balaban J connectivity index is 1.84. The predicted molar refractivity (Wildman–Crippen MR) is 89.3 cm³/mol. The molecule has 3 nitrogen and oxygen atoms in total. The maximum absolute atomic E-state index is 6.25. The van der Waals surface area contributed by atoms with Gasteiger partial charge in [-0.25, -0.2) is 4.98 Å². The molecule has 0 saturated heterocycles. The molecule has 1 aromatic heterocycles. The lowest BCUT2D eigenvalue weighted by atomic mass is 10.0. The van der Waals surface area contributed by atoms with E-state index in [1.165, 1.54) is 9.13 Å². The molecule has 3 rings (SSSR count). The average Bonchev–Trinajstić information content (AvgIpc) is 2.49. The summed E-state index contributed by atoms with van der Waals surface area (Å²) in [6.45, 7) is 0. The smallest absolute Gasteiger partial charge is 0.0890 e. The Labute approximate surface area is 131 Å². The molecule has 0 saturated carbocycles. The number of halogens is 1. The van der Waals surface area contributed by atoms with Gasteiger partial charge in [0.1, 0.15) is 0 Å². The minimum atomic E-state index is -0.132. The third-order valence-corrected chi connectivity index (χ3v) is 3.94. The van der Waals surface area contributed by atoms with Crippen LogP contribution < -0.4 is 5.73 Å². The van der Waals surface area contributed by atoms with Gasteiger partial charge in [-0.3, -0.25) is 4.98 Å². The average molecular weight is 375 g/mol. The third kappa shape index (κ3) is 2.96. The van der Waals surface area contributed by atoms with Gasteiger partial charge in [-0.2, -0.15) is 0 Å². The summed E-state index contributed by atoms with van der Waals surface area (Å²) in [6, 6.07) is 16.1. The fourth-order valence-corrected chi connectivity index (χ4v) is 2.49. The molecule has 1 atom stereocenters. The van der Waals surface area contributed by atoms with Crippen molar-refractivity contribution in [3.05, 3.63) is 69.6 Å². The van der Waals surface area contributed by atoms with E-state index in [1.54, 1.807) is 6.20 Å². The largest absolute Gasteiger partial charge is 0.322 e. The number of nitrogens with zero attached hydrogens (tertiary/aromatic N) is 2. The van der Waals surface area contributed by atoms with Crippen LogP contribution in [0.5, 0.6) is 0 Å². The first kappa shape index (κ1) is 13.5. The van der Waals surface area contributed by atoms with E-state index >= 15 is 0 Å². The Kier molecular flexibility index (Phi) is 3.93. The molecule has 4 heteroatoms. The van der Waals surface area contributed by atoms with Gasteiger partial charge in [0.15, 0.2) is 0 Å². The van der Waals surface area contributed by atoms with Crippen molar-refractivity contribution in [3.63, 3.8) is 0 Å². The topological polar surface area (TPSA) is 51.8 Å². The first-order chi connectivity index (χ1) is 9.72. The molecule has 2 aromatic carbocycles. The molecule has 100 valence electrons. The van der Waals surface area contributed by atoms with Gasteiger partial charge in [0.2, 0.25) is 0 Å². The fourth-order valence-electron chi connectivity index (χ4n) is 2.13. The van der Waals surface area contributed by atoms with Crippen LogP contribution in [0.25, 0.3) is 11.0 Å². The van der Waals surface area contributed by atoms with Crippen molar-refractivity contribution in [3.8, 4) is 0 Å². The van der Waals surface area contributed by atoms with Crippen LogP contribution in [0.3, 0.4) is 0 Å². The normalized spacial score (nSPS) is 12.5. The van der Waals surface area contributed by atoms with E-state index in [9.17, 15) is 0 Å². The van der Waals surface area contributed by atoms with E-state index in [0.717, 1.165) is 23.1 Å². The van der Waals surface area contributed by atoms with Crippen molar-refractivity contribution in [2.75, 3.05) is 0 Å². The van der Waals surface area contributed by atoms with Crippen molar-refractivity contribution in [1.82, 2.24) is 9.97 Å². The van der Waals surface area contributed by atoms with Gasteiger partial charge in [0, 0.05) is 3.57 Å². The zero-order valence-corrected chi connectivity index (χ0v) is 13.0. The summed E-state index contributed by atoms with van der Waals surface area (Å²) in [5.41, 5.74) is 10.1. The lowest BCUT2D eigenvalue weighted by molar-refractivity contribution is 0.696. The Bertz CT molecular complexity index is 725. The molecule has 1 unspecified atom stereocenters. The standard InChI is InChI=1S/C16H14IN3/c17-12-7-5-11(6-8-12)9-13(18)16-10-19-14-3-1-2-4-15(14)20-16/h1-8,10,13H,9,18H2. The number of hydrogen-bond acceptors (Lipinski definition) is 3. The molecule has 0 aliphatic carbocycles. The summed E-state index contributed by atoms with van der Waals surface area (Å²) >= 11 is 2.30. The molecule has 0 spiro atoms. The van der Waals surface area contributed by atoms with E-state index in [4.69, 9.17) is 5.73 Å². The highest BCUT2D eigenvalue weighted by molar-refractivity contribution is 14.1. The summed E-state index contributed by atoms with van der Waals surface area (Å²) in [4.78, 5) is 9.01. The number of nitrogens with two attached hydrogens (primary N) is 1. The Morgan fingerprint density at radius 2 is 1.70 bits per heavy atom. The molecule has 3 aromatic rings. The Hall–Kier alpha value is -1.53. The quantitative estimate of drug-likeness (QED) is 0.714. The molecule has 0 radical (unpaired) electrons. The van der Waals surface area contributed by atoms with Gasteiger partial charge in [-0.1, -0.05) is 24.3 Å². The number of benzene rings is 2. The zero-order chi connectivity index (χ0) is 13.9. The van der Waals surface area contributed by atoms with Crippen LogP contribution >= 0.6 is 22.6 Å². The number of hydrogen-bond donors (Lipinski definition) is 1. The highest BCUT2D eigenvalue weighted by atomic mass is 127. The first-order valence-electron chi connectivity index (χ1n) is 6.44. The van der Waals surface area contributed by atoms with Crippen molar-refractivity contribution >= 4 is 33.6 Å². The van der Waals surface area contributed by atoms with Gasteiger partial charge in [0.05, 0.1) is 29.0 Å². The second kappa shape index (κ2) is 5.85. The minimum absolute atomic E-state index is 0.132. The third-order valence-electron chi connectivity index (χ3n) is 3.22. The summed E-state index contributed by atoms with van der Waals surface area (Å²) in [5, 5.41) is 0. The van der Waals surface area contributed by atoms with Crippen LogP contribution in [0.2, 0.25) is 0 Å². The molecular formula is C16H14IN3. The fraction of sp³-hybridized carbons (Fsp3) is 0.125. The predicted octanol–water partition coefficient (Wildman–Crippen LogP) is 3.48. The molecule has 0 amide bonds. The molecule has 0 bridgehead atoms. The Morgan fingerprint density at radius 3 is 2.45 bits per heavy atom. The van der Waals surface area contributed by atoms with E-state index in [-0.39, 0.29) is 6.04 Å². The van der Waals surface area contributed by atoms with Crippen molar-refractivity contribution in [2.24, 2.45) is 5.73 Å². The van der Waals surface area contributed by atoms with Gasteiger partial charge in [-0.05, 0) is 58.8 Å². The lowest BCUT2D eigenvalue weighted by Crippen LogP contribution is -2.15. The number of fused-ring (bicyclic) bond motifs is 1. The van der Waals surface area contributed by atoms with Gasteiger partial charge in [-0.15, -0.1) is 0 Å². The molecule has 1 heterocycles. The second-order valence-electron chi connectivity index (χ2n) is 4.72. The molecule has 2 N–H and O–H groups in total. The van der Waals surface area contributed by atoms with Crippen LogP contribution in [0.15, 0.2) is 54.7 Å². The maximum atomic E-state index is 6.25. The van der Waals surface area contributed by atoms with Crippen molar-refractivity contribution in [1.29, 1.82) is 0 Å². The zero-order valence-electron chi connectivity index (χ0n) is 10.8. The first-order valence-corrected chi connectivity index (χ1v) is 7.52. The molecule has 0 aliphatic rings. The van der Waals surface area contributed by atoms with Crippen molar-refractivity contribution in [2.45, 2.75) is 12.5 Å². The maximum Gasteiger partial charge on any atom is 0.0890 e. The van der Waals surface area contributed by atoms with Crippen LogP contribution in [0.1, 0.15) is 17.3 Å². The number of para-hydroxylation sites is 2. The Morgan fingerprint density at radius 1 is 1.00 bits per heavy atom. The SMILES string of the molecule is NC(Cc1ccc(I)cc1)c1cnc2ccccc2n1. The molecular weight excluding hydrogens is 361 g/mol. The minimum Gasteiger partial charge on any atom is -0.322 e. The summed E-state index contributed by atoms with van der Waals surface area (Å²) in [7, 11) is 0. The number of aromatic nitrogens is 2. The highest BCUT2D eigenvalue weighted by Gasteiger charge is 2.10. The molecule has 0 aliphatic heterocycles. The summed E-state index contributed by atoms with van der Waals surface area (Å²) in [6.07, 6.45) is 2.55. The summed E-state index contributed by atoms with van der Waals surface area (Å²) in [5.74, 6) is 0. The van der Waals surface area contributed by atoms with Gasteiger partial charge < -0.3 is 5.73 Å².